The number of fused-ring (bicyclic) bond motifs is 2. The summed E-state index contributed by atoms with van der Waals surface area (Å²) in [5.41, 5.74) is 18.8. The van der Waals surface area contributed by atoms with Gasteiger partial charge >= 0.3 is 0 Å². The number of imide groups is 2. The smallest absolute Gasteiger partial charge is 0.252 e. The highest BCUT2D eigenvalue weighted by Crippen LogP contribution is 2.41. The SMILES string of the molecule is C[C@@H](Oc1cc(-c2cnn(C3CCNCC3)c2)cnc1N)c1c(Cl)ccc(F)c1Cl.Cc1cc(=O)n(C2CCC(=O)NC2=O)c2cc(OCCCCCCCCI)ccc12.Cc1cc(=O)n(C2CCC(=O)NC2=O)c2cc(OCCCCCCCCN3CCC(n4cc(-c5cnc(N)c(O[C@H](C)c6c(Cl)ccc(F)c6Cl)c5)cn4)CC3)ccc12. The third-order valence-corrected chi connectivity index (χ3v) is 24.5. The maximum absolute atomic E-state index is 14.1. The quantitative estimate of drug-likeness (QED) is 0.00886. The average Bonchev–Trinajstić information content (AvgIpc) is 1.58. The number of hydrogen-bond donors (Lipinski definition) is 5. The molecule has 119 heavy (non-hydrogen) atoms. The lowest BCUT2D eigenvalue weighted by Crippen LogP contribution is -2.44. The molecule has 632 valence electrons. The predicted octanol–water partition coefficient (Wildman–Crippen LogP) is 18.3. The number of hydrogen-bond acceptors (Lipinski definition) is 18. The molecular formula is C88H101Cl4F2IN14O10. The van der Waals surface area contributed by atoms with Crippen LogP contribution in [0.1, 0.15) is 201 Å². The monoisotopic (exact) mass is 1820 g/mol. The second kappa shape index (κ2) is 42.3. The summed E-state index contributed by atoms with van der Waals surface area (Å²) in [4.78, 5) is 85.1. The van der Waals surface area contributed by atoms with Crippen LogP contribution in [0.15, 0.2) is 132 Å². The van der Waals surface area contributed by atoms with Gasteiger partial charge in [0.25, 0.3) is 11.1 Å². The second-order valence-corrected chi connectivity index (χ2v) is 33.4. The van der Waals surface area contributed by atoms with Crippen molar-refractivity contribution in [2.24, 2.45) is 0 Å². The van der Waals surface area contributed by atoms with E-state index in [2.05, 4.69) is 58.5 Å². The number of amides is 4. The van der Waals surface area contributed by atoms with Gasteiger partial charge in [0, 0.05) is 129 Å². The van der Waals surface area contributed by atoms with Crippen LogP contribution in [0.25, 0.3) is 44.1 Å². The summed E-state index contributed by atoms with van der Waals surface area (Å²) in [6.07, 6.45) is 28.9. The molecule has 0 bridgehead atoms. The fourth-order valence-electron chi connectivity index (χ4n) is 15.7. The number of carbonyl (C=O) groups is 4. The Kier molecular flexibility index (Phi) is 31.7. The first kappa shape index (κ1) is 89.0. The summed E-state index contributed by atoms with van der Waals surface area (Å²) >= 11 is 27.2. The van der Waals surface area contributed by atoms with E-state index in [0.29, 0.717) is 93.3 Å². The number of aromatic nitrogens is 8. The maximum Gasteiger partial charge on any atom is 0.252 e. The number of aryl methyl sites for hydroxylation is 2. The van der Waals surface area contributed by atoms with Crippen LogP contribution in [-0.2, 0) is 19.2 Å². The summed E-state index contributed by atoms with van der Waals surface area (Å²) in [5.74, 6) is -0.121. The van der Waals surface area contributed by atoms with Crippen molar-refractivity contribution in [3.05, 3.63) is 197 Å². The van der Waals surface area contributed by atoms with Gasteiger partial charge in [-0.1, -0.05) is 120 Å². The molecule has 4 aliphatic heterocycles. The molecule has 0 radical (unpaired) electrons. The Bertz CT molecular complexity index is 5380. The van der Waals surface area contributed by atoms with Crippen molar-refractivity contribution < 1.29 is 46.9 Å². The molecule has 4 fully saturated rings. The third kappa shape index (κ3) is 22.9. The number of rotatable bonds is 31. The fraction of sp³-hybridized carbons (Fsp3) is 0.432. The van der Waals surface area contributed by atoms with Crippen LogP contribution in [0.4, 0.5) is 20.4 Å². The van der Waals surface area contributed by atoms with E-state index in [1.54, 1.807) is 50.5 Å². The molecule has 10 aromatic rings. The molecule has 10 heterocycles. The number of nitrogens with zero attached hydrogens (tertiary/aromatic N) is 9. The Morgan fingerprint density at radius 1 is 0.513 bits per heavy atom. The number of nitrogens with two attached hydrogens (primary N) is 2. The minimum absolute atomic E-state index is 0.0686. The van der Waals surface area contributed by atoms with E-state index in [1.807, 2.05) is 84.4 Å². The van der Waals surface area contributed by atoms with Crippen LogP contribution in [0.3, 0.4) is 0 Å². The largest absolute Gasteiger partial charge is 0.494 e. The zero-order valence-electron chi connectivity index (χ0n) is 67.2. The summed E-state index contributed by atoms with van der Waals surface area (Å²) < 4.78 is 60.4. The molecule has 4 aromatic carbocycles. The zero-order valence-corrected chi connectivity index (χ0v) is 72.4. The molecule has 4 saturated heterocycles. The predicted molar refractivity (Wildman–Crippen MR) is 471 cm³/mol. The van der Waals surface area contributed by atoms with Crippen molar-refractivity contribution in [3.8, 4) is 45.3 Å². The number of halogens is 7. The molecule has 0 aliphatic carbocycles. The molecule has 6 aromatic heterocycles. The van der Waals surface area contributed by atoms with E-state index in [9.17, 15) is 37.5 Å². The summed E-state index contributed by atoms with van der Waals surface area (Å²) in [7, 11) is 0. The summed E-state index contributed by atoms with van der Waals surface area (Å²) in [6, 6.07) is 22.7. The number of likely N-dealkylation sites (tertiary alicyclic amines) is 1. The van der Waals surface area contributed by atoms with Crippen LogP contribution in [0.5, 0.6) is 23.0 Å². The topological polar surface area (TPSA) is 302 Å². The van der Waals surface area contributed by atoms with Gasteiger partial charge in [-0.25, -0.2) is 18.7 Å². The van der Waals surface area contributed by atoms with E-state index in [0.717, 1.165) is 135 Å². The highest BCUT2D eigenvalue weighted by Gasteiger charge is 2.33. The Balaban J connectivity index is 0.000000181. The molecule has 31 heteroatoms. The number of alkyl halides is 1. The van der Waals surface area contributed by atoms with Crippen molar-refractivity contribution in [2.75, 3.05) is 61.8 Å². The van der Waals surface area contributed by atoms with Gasteiger partial charge in [-0.3, -0.25) is 57.9 Å². The zero-order chi connectivity index (χ0) is 84.4. The highest BCUT2D eigenvalue weighted by atomic mass is 127. The molecule has 4 amide bonds. The van der Waals surface area contributed by atoms with Gasteiger partial charge in [0.1, 0.15) is 47.4 Å². The number of ether oxygens (including phenoxy) is 4. The lowest BCUT2D eigenvalue weighted by Gasteiger charge is -2.32. The van der Waals surface area contributed by atoms with Gasteiger partial charge in [-0.15, -0.1) is 0 Å². The minimum atomic E-state index is -0.729. The molecule has 2 unspecified atom stereocenters. The Morgan fingerprint density at radius 3 is 1.37 bits per heavy atom. The Hall–Kier alpha value is -9.23. The number of unbranched alkanes of at least 4 members (excludes halogenated alkanes) is 10. The standard InChI is InChI=1S/C44H50Cl2FN7O5.C23H29IN2O4.C21H22Cl2FN5O/c1-27-21-40(56)54(36-13-14-39(55)51-44(36)57)37-23-32(9-10-33(27)37)58-20-8-6-4-3-5-7-17-52-18-15-31(16-19-52)53-26-30(25-50-53)29-22-38(43(48)49-24-29)59-28(2)41-34(45)11-12-35(47)42(41)46;1-16-14-22(28)26(19-10-11-21(27)25-23(19)29)20-15-17(8-9-18(16)20)30-13-7-5-3-2-4-6-12-24;1-12(19-16(22)2-3-17(24)20(19)23)30-18-8-13(9-27-21(18)25)14-10-28-29(11-14)15-4-6-26-7-5-15/h9-12,21-26,28,31,36H,3-8,13-20H2,1-2H3,(H2,48,49)(H,51,55,57);8-9,14-15,19H,2-7,10-13H2,1H3,(H,25,27,29);2-3,8-12,15,26H,4-7H2,1H3,(H2,25,27)/t28-,36?;;12-/m1.1/s1. The molecule has 4 aliphatic rings. The molecule has 14 rings (SSSR count). The van der Waals surface area contributed by atoms with Gasteiger partial charge in [-0.2, -0.15) is 10.2 Å². The minimum Gasteiger partial charge on any atom is -0.494 e. The first-order valence-corrected chi connectivity index (χ1v) is 43.9. The summed E-state index contributed by atoms with van der Waals surface area (Å²) in [5, 5.41) is 19.5. The number of piperidine rings is 4. The van der Waals surface area contributed by atoms with Gasteiger partial charge in [0.05, 0.1) is 58.8 Å². The van der Waals surface area contributed by atoms with E-state index < -0.39 is 47.7 Å². The maximum atomic E-state index is 14.1. The molecular weight excluding hydrogens is 1720 g/mol. The normalized spacial score (nSPS) is 16.6. The molecule has 24 nitrogen and oxygen atoms in total. The van der Waals surface area contributed by atoms with Crippen LogP contribution < -0.4 is 57.5 Å². The van der Waals surface area contributed by atoms with Crippen LogP contribution in [0, 0.1) is 25.5 Å². The fourth-order valence-corrected chi connectivity index (χ4v) is 17.6. The summed E-state index contributed by atoms with van der Waals surface area (Å²) in [6.45, 7) is 13.6. The molecule has 0 spiro atoms. The lowest BCUT2D eigenvalue weighted by atomic mass is 10.0. The van der Waals surface area contributed by atoms with Crippen LogP contribution in [0.2, 0.25) is 20.1 Å². The number of nitrogen functional groups attached to an aromatic ring is 2. The van der Waals surface area contributed by atoms with Crippen molar-refractivity contribution in [1.82, 2.24) is 59.5 Å². The average molecular weight is 1820 g/mol. The lowest BCUT2D eigenvalue weighted by molar-refractivity contribution is -0.137. The van der Waals surface area contributed by atoms with Crippen LogP contribution in [-0.4, -0.2) is 118 Å². The van der Waals surface area contributed by atoms with E-state index >= 15 is 0 Å². The van der Waals surface area contributed by atoms with Gasteiger partial charge in [0.2, 0.25) is 23.6 Å². The van der Waals surface area contributed by atoms with Crippen molar-refractivity contribution in [1.29, 1.82) is 0 Å². The van der Waals surface area contributed by atoms with Crippen LogP contribution >= 0.6 is 69.0 Å². The number of nitrogens with one attached hydrogen (secondary N) is 3. The molecule has 0 saturated carbocycles. The number of anilines is 2. The van der Waals surface area contributed by atoms with E-state index in [4.69, 9.17) is 81.9 Å². The molecule has 4 atom stereocenters. The van der Waals surface area contributed by atoms with Crippen molar-refractivity contribution >= 4 is 126 Å². The first-order valence-electron chi connectivity index (χ1n) is 40.9. The Labute approximate surface area is 723 Å². The first-order chi connectivity index (χ1) is 57.4. The number of pyridine rings is 4. The van der Waals surface area contributed by atoms with E-state index in [-0.39, 0.29) is 57.5 Å². The van der Waals surface area contributed by atoms with Crippen molar-refractivity contribution in [2.45, 2.75) is 192 Å². The highest BCUT2D eigenvalue weighted by molar-refractivity contribution is 14.1. The van der Waals surface area contributed by atoms with Gasteiger partial charge < -0.3 is 40.6 Å². The number of benzene rings is 4. The van der Waals surface area contributed by atoms with Gasteiger partial charge in [0.15, 0.2) is 23.1 Å². The van der Waals surface area contributed by atoms with Crippen molar-refractivity contribution in [3.63, 3.8) is 0 Å². The number of carbonyl (C=O) groups excluding carboxylic acids is 4. The van der Waals surface area contributed by atoms with E-state index in [1.165, 1.54) is 82.8 Å². The van der Waals surface area contributed by atoms with Gasteiger partial charge in [-0.05, 0) is 188 Å². The Morgan fingerprint density at radius 2 is 0.933 bits per heavy atom. The third-order valence-electron chi connectivity index (χ3n) is 22.3. The molecule has 7 N–H and O–H groups in total. The second-order valence-electron chi connectivity index (χ2n) is 30.7.